The number of H-pyrrole nitrogens is 2. The maximum atomic E-state index is 11.8. The van der Waals surface area contributed by atoms with Gasteiger partial charge in [-0.25, -0.2) is 0 Å². The minimum atomic E-state index is -0.197. The second-order valence-corrected chi connectivity index (χ2v) is 4.03. The lowest BCUT2D eigenvalue weighted by atomic mass is 10.2. The maximum absolute atomic E-state index is 11.8. The first-order valence-electron chi connectivity index (χ1n) is 5.13. The van der Waals surface area contributed by atoms with Gasteiger partial charge in [-0.3, -0.25) is 29.2 Å². The van der Waals surface area contributed by atoms with E-state index in [1.165, 1.54) is 9.36 Å². The van der Waals surface area contributed by atoms with Crippen LogP contribution < -0.4 is 21.7 Å². The van der Waals surface area contributed by atoms with Crippen LogP contribution >= 0.6 is 0 Å². The highest BCUT2D eigenvalue weighted by atomic mass is 16.1. The highest BCUT2D eigenvalue weighted by Crippen LogP contribution is 1.97. The molecule has 2 aromatic rings. The Bertz CT molecular complexity index is 785. The highest BCUT2D eigenvalue weighted by Gasteiger charge is 2.07. The zero-order valence-corrected chi connectivity index (χ0v) is 10.00. The van der Waals surface area contributed by atoms with E-state index in [-0.39, 0.29) is 11.1 Å². The monoisotopic (exact) mass is 234 g/mol. The second kappa shape index (κ2) is 3.65. The van der Waals surface area contributed by atoms with Gasteiger partial charge in [-0.05, 0) is 13.0 Å². The van der Waals surface area contributed by atoms with Crippen molar-refractivity contribution in [2.45, 2.75) is 6.92 Å². The number of aryl methyl sites for hydroxylation is 3. The van der Waals surface area contributed by atoms with Gasteiger partial charge in [0.15, 0.2) is 0 Å². The Morgan fingerprint density at radius 1 is 1.12 bits per heavy atom. The van der Waals surface area contributed by atoms with Gasteiger partial charge in [0, 0.05) is 19.8 Å². The number of hydrogen-bond acceptors (Lipinski definition) is 2. The van der Waals surface area contributed by atoms with E-state index in [9.17, 15) is 9.59 Å². The lowest BCUT2D eigenvalue weighted by molar-refractivity contribution is 0.730. The van der Waals surface area contributed by atoms with E-state index in [2.05, 4.69) is 16.8 Å². The fourth-order valence-corrected chi connectivity index (χ4v) is 1.79. The average molecular weight is 234 g/mol. The Labute approximate surface area is 96.5 Å². The molecule has 6 nitrogen and oxygen atoms in total. The summed E-state index contributed by atoms with van der Waals surface area (Å²) in [6, 6.07) is 0. The molecule has 17 heavy (non-hydrogen) atoms. The van der Waals surface area contributed by atoms with E-state index in [1.807, 2.05) is 0 Å². The van der Waals surface area contributed by atoms with Crippen LogP contribution in [0.1, 0.15) is 11.3 Å². The number of aromatic nitrogens is 4. The van der Waals surface area contributed by atoms with Crippen molar-refractivity contribution in [1.82, 2.24) is 19.6 Å². The van der Waals surface area contributed by atoms with Crippen LogP contribution in [0.4, 0.5) is 0 Å². The van der Waals surface area contributed by atoms with Crippen molar-refractivity contribution in [3.63, 3.8) is 0 Å². The van der Waals surface area contributed by atoms with E-state index in [0.29, 0.717) is 16.1 Å². The van der Waals surface area contributed by atoms with Crippen molar-refractivity contribution < 1.29 is 0 Å². The average Bonchev–Trinajstić information content (AvgIpc) is 2.62. The molecule has 0 spiro atoms. The Morgan fingerprint density at radius 2 is 1.71 bits per heavy atom. The first-order valence-corrected chi connectivity index (χ1v) is 5.13. The summed E-state index contributed by atoms with van der Waals surface area (Å²) in [5.74, 6) is 0. The molecule has 90 valence electrons. The summed E-state index contributed by atoms with van der Waals surface area (Å²) >= 11 is 0. The van der Waals surface area contributed by atoms with Crippen molar-refractivity contribution in [1.29, 1.82) is 0 Å². The molecule has 0 bridgehead atoms. The highest BCUT2D eigenvalue weighted by molar-refractivity contribution is 5.50. The van der Waals surface area contributed by atoms with Crippen molar-refractivity contribution >= 4 is 12.7 Å². The molecule has 0 aromatic carbocycles. The van der Waals surface area contributed by atoms with Gasteiger partial charge in [-0.15, -0.1) is 0 Å². The van der Waals surface area contributed by atoms with E-state index in [4.69, 9.17) is 0 Å². The zero-order chi connectivity index (χ0) is 12.7. The molecule has 6 heteroatoms. The van der Waals surface area contributed by atoms with Crippen LogP contribution in [-0.4, -0.2) is 19.6 Å². The molecular formula is C11H14N4O2. The van der Waals surface area contributed by atoms with Gasteiger partial charge in [0.1, 0.15) is 0 Å². The van der Waals surface area contributed by atoms with Crippen LogP contribution in [0.25, 0.3) is 12.7 Å². The molecule has 0 saturated heterocycles. The van der Waals surface area contributed by atoms with Crippen LogP contribution in [0.5, 0.6) is 0 Å². The van der Waals surface area contributed by atoms with Gasteiger partial charge in [0.25, 0.3) is 11.1 Å². The molecule has 0 aliphatic heterocycles. The third kappa shape index (κ3) is 1.67. The summed E-state index contributed by atoms with van der Waals surface area (Å²) in [7, 11) is 3.24. The lowest BCUT2D eigenvalue weighted by Gasteiger charge is -1.84. The van der Waals surface area contributed by atoms with Gasteiger partial charge in [-0.1, -0.05) is 6.58 Å². The van der Waals surface area contributed by atoms with Crippen LogP contribution in [0.2, 0.25) is 0 Å². The summed E-state index contributed by atoms with van der Waals surface area (Å²) in [4.78, 5) is 23.5. The number of nitrogens with one attached hydrogen (secondary N) is 2. The van der Waals surface area contributed by atoms with E-state index in [0.717, 1.165) is 5.69 Å². The molecule has 0 fully saturated rings. The molecule has 2 heterocycles. The number of nitrogens with zero attached hydrogens (tertiary/aromatic N) is 2. The standard InChI is InChI=1S/C11H14N4O2/c1-6-8(10(16)14(3)12-6)5-9-7(2)13-15(4)11(9)17/h5,12-13H,1H2,2-4H3/b8-5-. The van der Waals surface area contributed by atoms with Gasteiger partial charge in [0.05, 0.1) is 16.1 Å². The van der Waals surface area contributed by atoms with Crippen LogP contribution in [0.3, 0.4) is 0 Å². The summed E-state index contributed by atoms with van der Waals surface area (Å²) in [5, 5.41) is 6.57. The van der Waals surface area contributed by atoms with Gasteiger partial charge in [-0.2, -0.15) is 0 Å². The van der Waals surface area contributed by atoms with E-state index < -0.39 is 0 Å². The Hall–Kier alpha value is -2.24. The molecule has 0 aliphatic rings. The predicted molar refractivity (Wildman–Crippen MR) is 65.1 cm³/mol. The maximum Gasteiger partial charge on any atom is 0.274 e. The van der Waals surface area contributed by atoms with Crippen LogP contribution in [0.15, 0.2) is 9.59 Å². The largest absolute Gasteiger partial charge is 0.300 e. The van der Waals surface area contributed by atoms with Gasteiger partial charge in [0.2, 0.25) is 0 Å². The van der Waals surface area contributed by atoms with Crippen LogP contribution in [-0.2, 0) is 14.1 Å². The first kappa shape index (κ1) is 11.3. The molecule has 0 unspecified atom stereocenters. The Kier molecular flexibility index (Phi) is 2.42. The zero-order valence-electron chi connectivity index (χ0n) is 10.00. The molecular weight excluding hydrogens is 220 g/mol. The Morgan fingerprint density at radius 3 is 2.12 bits per heavy atom. The first-order chi connectivity index (χ1) is 7.91. The minimum absolute atomic E-state index is 0.162. The van der Waals surface area contributed by atoms with Crippen molar-refractivity contribution in [2.24, 2.45) is 14.1 Å². The third-order valence-electron chi connectivity index (χ3n) is 2.73. The molecule has 2 N–H and O–H groups in total. The Balaban J connectivity index is 2.85. The minimum Gasteiger partial charge on any atom is -0.300 e. The summed E-state index contributed by atoms with van der Waals surface area (Å²) in [5.41, 5.74) is 0.844. The molecule has 0 atom stereocenters. The molecule has 0 radical (unpaired) electrons. The molecule has 0 aliphatic carbocycles. The van der Waals surface area contributed by atoms with Crippen molar-refractivity contribution in [2.75, 3.05) is 0 Å². The fraction of sp³-hybridized carbons (Fsp3) is 0.273. The van der Waals surface area contributed by atoms with E-state index >= 15 is 0 Å². The summed E-state index contributed by atoms with van der Waals surface area (Å²) < 4.78 is 2.71. The smallest absolute Gasteiger partial charge is 0.274 e. The normalized spacial score (nSPS) is 12.3. The number of rotatable bonds is 1. The quantitative estimate of drug-likeness (QED) is 0.616. The molecule has 2 aromatic heterocycles. The SMILES string of the molecule is C=c1[nH]n(C)c(=O)/c1=C\c1c(C)[nH]n(C)c1=O. The molecule has 0 amide bonds. The van der Waals surface area contributed by atoms with Crippen molar-refractivity contribution in [3.05, 3.63) is 42.5 Å². The topological polar surface area (TPSA) is 75.6 Å². The predicted octanol–water partition coefficient (Wildman–Crippen LogP) is -1.71. The molecule has 2 rings (SSSR count). The summed E-state index contributed by atoms with van der Waals surface area (Å²) in [6.45, 7) is 5.52. The van der Waals surface area contributed by atoms with E-state index in [1.54, 1.807) is 27.1 Å². The van der Waals surface area contributed by atoms with Gasteiger partial charge < -0.3 is 0 Å². The second-order valence-electron chi connectivity index (χ2n) is 4.03. The summed E-state index contributed by atoms with van der Waals surface area (Å²) in [6.07, 6.45) is 1.56. The number of hydrogen-bond donors (Lipinski definition) is 2. The van der Waals surface area contributed by atoms with Crippen molar-refractivity contribution in [3.8, 4) is 0 Å². The third-order valence-corrected chi connectivity index (χ3v) is 2.73. The lowest BCUT2D eigenvalue weighted by Crippen LogP contribution is -2.34. The molecule has 0 saturated carbocycles. The van der Waals surface area contributed by atoms with Crippen LogP contribution in [0, 0.1) is 6.92 Å². The fourth-order valence-electron chi connectivity index (χ4n) is 1.79. The van der Waals surface area contributed by atoms with Gasteiger partial charge >= 0.3 is 0 Å². The number of aromatic amines is 2.